The van der Waals surface area contributed by atoms with Crippen molar-refractivity contribution in [1.29, 1.82) is 0 Å². The van der Waals surface area contributed by atoms with Crippen LogP contribution >= 0.6 is 0 Å². The van der Waals surface area contributed by atoms with Crippen molar-refractivity contribution < 1.29 is 39.4 Å². The highest BCUT2D eigenvalue weighted by Gasteiger charge is 2.22. The lowest BCUT2D eigenvalue weighted by Gasteiger charge is -2.18. The molecule has 36 heavy (non-hydrogen) atoms. The van der Waals surface area contributed by atoms with Crippen LogP contribution in [0.15, 0.2) is 72.8 Å². The Labute approximate surface area is 207 Å². The molecule has 0 amide bonds. The van der Waals surface area contributed by atoms with E-state index in [9.17, 15) is 20.1 Å². The van der Waals surface area contributed by atoms with E-state index in [1.165, 1.54) is 44.6 Å². The molecule has 4 N–H and O–H groups in total. The summed E-state index contributed by atoms with van der Waals surface area (Å²) in [5.74, 6) is -0.455. The maximum Gasteiger partial charge on any atom is 0.335 e. The summed E-state index contributed by atoms with van der Waals surface area (Å²) in [6.45, 7) is 0.122. The molecule has 8 nitrogen and oxygen atoms in total. The standard InChI is InChI=1S/C28H24O8/c1-34-24-14-21(17-7-10-20(29)11-8-17)27(35-2)26(31)25(24)19-9-12-23(22(30)13-19)36-15-16-3-5-18(6-4-16)28(32)33/h3-14,29-31H,15H2,1-2H3,(H,32,33). The number of phenolic OH excluding ortho intramolecular Hbond substituents is 3. The lowest BCUT2D eigenvalue weighted by Crippen LogP contribution is -1.99. The van der Waals surface area contributed by atoms with Crippen LogP contribution in [0.5, 0.6) is 34.5 Å². The van der Waals surface area contributed by atoms with Crippen LogP contribution in [-0.2, 0) is 6.61 Å². The van der Waals surface area contributed by atoms with Gasteiger partial charge >= 0.3 is 5.97 Å². The average Bonchev–Trinajstić information content (AvgIpc) is 2.88. The van der Waals surface area contributed by atoms with Gasteiger partial charge in [-0.2, -0.15) is 0 Å². The minimum Gasteiger partial charge on any atom is -0.508 e. The fourth-order valence-electron chi connectivity index (χ4n) is 3.83. The van der Waals surface area contributed by atoms with Gasteiger partial charge in [0.05, 0.1) is 25.3 Å². The molecule has 0 aliphatic rings. The molecule has 0 spiro atoms. The summed E-state index contributed by atoms with van der Waals surface area (Å²) < 4.78 is 16.7. The maximum absolute atomic E-state index is 11.1. The number of aromatic hydroxyl groups is 3. The molecular weight excluding hydrogens is 464 g/mol. The Morgan fingerprint density at radius 2 is 1.44 bits per heavy atom. The number of ether oxygens (including phenoxy) is 3. The van der Waals surface area contributed by atoms with Crippen molar-refractivity contribution in [3.8, 4) is 56.8 Å². The summed E-state index contributed by atoms with van der Waals surface area (Å²) in [6.07, 6.45) is 0. The largest absolute Gasteiger partial charge is 0.508 e. The molecule has 0 saturated carbocycles. The zero-order chi connectivity index (χ0) is 25.8. The van der Waals surface area contributed by atoms with Crippen LogP contribution in [0.1, 0.15) is 15.9 Å². The highest BCUT2D eigenvalue weighted by molar-refractivity contribution is 5.88. The number of hydrogen-bond acceptors (Lipinski definition) is 7. The molecule has 0 atom stereocenters. The number of carboxylic acid groups (broad SMARTS) is 1. The number of phenols is 3. The smallest absolute Gasteiger partial charge is 0.335 e. The summed E-state index contributed by atoms with van der Waals surface area (Å²) in [7, 11) is 2.91. The van der Waals surface area contributed by atoms with Gasteiger partial charge in [0.25, 0.3) is 0 Å². The summed E-state index contributed by atoms with van der Waals surface area (Å²) in [5.41, 5.74) is 2.96. The van der Waals surface area contributed by atoms with Gasteiger partial charge in [0.2, 0.25) is 0 Å². The fraction of sp³-hybridized carbons (Fsp3) is 0.107. The van der Waals surface area contributed by atoms with Crippen molar-refractivity contribution in [3.05, 3.63) is 83.9 Å². The molecule has 0 fully saturated rings. The molecule has 0 saturated heterocycles. The second-order valence-corrected chi connectivity index (χ2v) is 7.90. The second kappa shape index (κ2) is 10.2. The van der Waals surface area contributed by atoms with Gasteiger partial charge in [-0.3, -0.25) is 0 Å². The van der Waals surface area contributed by atoms with E-state index in [1.54, 1.807) is 42.5 Å². The van der Waals surface area contributed by atoms with E-state index in [4.69, 9.17) is 19.3 Å². The average molecular weight is 488 g/mol. The first-order valence-corrected chi connectivity index (χ1v) is 10.9. The molecular formula is C28H24O8. The first kappa shape index (κ1) is 24.3. The van der Waals surface area contributed by atoms with Crippen molar-refractivity contribution >= 4 is 5.97 Å². The molecule has 0 unspecified atom stereocenters. The molecule has 0 aliphatic carbocycles. The van der Waals surface area contributed by atoms with Gasteiger partial charge in [-0.15, -0.1) is 0 Å². The number of hydrogen-bond donors (Lipinski definition) is 4. The lowest BCUT2D eigenvalue weighted by atomic mass is 9.96. The van der Waals surface area contributed by atoms with E-state index >= 15 is 0 Å². The molecule has 0 bridgehead atoms. The Hall–Kier alpha value is -4.85. The quantitative estimate of drug-likeness (QED) is 0.259. The van der Waals surface area contributed by atoms with Gasteiger partial charge in [-0.05, 0) is 59.2 Å². The van der Waals surface area contributed by atoms with Crippen molar-refractivity contribution in [1.82, 2.24) is 0 Å². The third-order valence-electron chi connectivity index (χ3n) is 5.66. The van der Waals surface area contributed by atoms with Crippen LogP contribution in [0.3, 0.4) is 0 Å². The number of rotatable bonds is 8. The van der Waals surface area contributed by atoms with Crippen molar-refractivity contribution in [2.24, 2.45) is 0 Å². The summed E-state index contributed by atoms with van der Waals surface area (Å²) in [4.78, 5) is 11.0. The zero-order valence-electron chi connectivity index (χ0n) is 19.6. The van der Waals surface area contributed by atoms with Crippen LogP contribution in [0, 0.1) is 0 Å². The van der Waals surface area contributed by atoms with Crippen molar-refractivity contribution in [2.75, 3.05) is 14.2 Å². The van der Waals surface area contributed by atoms with Crippen LogP contribution in [-0.4, -0.2) is 40.6 Å². The summed E-state index contributed by atoms with van der Waals surface area (Å²) >= 11 is 0. The van der Waals surface area contributed by atoms with Gasteiger partial charge < -0.3 is 34.6 Å². The minimum absolute atomic E-state index is 0.112. The molecule has 4 aromatic carbocycles. The number of aromatic carboxylic acids is 1. The van der Waals surface area contributed by atoms with Crippen LogP contribution in [0.25, 0.3) is 22.3 Å². The Kier molecular flexibility index (Phi) is 6.87. The summed E-state index contributed by atoms with van der Waals surface area (Å²) in [5, 5.41) is 40.3. The monoisotopic (exact) mass is 488 g/mol. The molecule has 0 heterocycles. The first-order chi connectivity index (χ1) is 17.3. The predicted molar refractivity (Wildman–Crippen MR) is 133 cm³/mol. The predicted octanol–water partition coefficient (Wildman–Crippen LogP) is 5.43. The van der Waals surface area contributed by atoms with Crippen LogP contribution < -0.4 is 14.2 Å². The van der Waals surface area contributed by atoms with E-state index in [1.807, 2.05) is 0 Å². The van der Waals surface area contributed by atoms with E-state index in [0.29, 0.717) is 28.0 Å². The van der Waals surface area contributed by atoms with E-state index < -0.39 is 5.97 Å². The van der Waals surface area contributed by atoms with Gasteiger partial charge in [0.15, 0.2) is 23.0 Å². The fourth-order valence-corrected chi connectivity index (χ4v) is 3.83. The Morgan fingerprint density at radius 1 is 0.778 bits per heavy atom. The molecule has 8 heteroatoms. The topological polar surface area (TPSA) is 126 Å². The normalized spacial score (nSPS) is 10.6. The number of carboxylic acids is 1. The van der Waals surface area contributed by atoms with Crippen molar-refractivity contribution in [2.45, 2.75) is 6.61 Å². The van der Waals surface area contributed by atoms with Gasteiger partial charge in [0, 0.05) is 5.56 Å². The van der Waals surface area contributed by atoms with Gasteiger partial charge in [-0.25, -0.2) is 4.79 Å². The number of methoxy groups -OCH3 is 2. The van der Waals surface area contributed by atoms with Crippen molar-refractivity contribution in [3.63, 3.8) is 0 Å². The zero-order valence-corrected chi connectivity index (χ0v) is 19.6. The van der Waals surface area contributed by atoms with E-state index in [0.717, 1.165) is 5.56 Å². The molecule has 0 radical (unpaired) electrons. The van der Waals surface area contributed by atoms with E-state index in [-0.39, 0.29) is 40.9 Å². The Balaban J connectivity index is 1.65. The molecule has 0 aromatic heterocycles. The number of benzene rings is 4. The summed E-state index contributed by atoms with van der Waals surface area (Å²) in [6, 6.07) is 19.1. The third-order valence-corrected chi connectivity index (χ3v) is 5.66. The van der Waals surface area contributed by atoms with E-state index in [2.05, 4.69) is 0 Å². The van der Waals surface area contributed by atoms with Gasteiger partial charge in [0.1, 0.15) is 18.1 Å². The van der Waals surface area contributed by atoms with Crippen LogP contribution in [0.2, 0.25) is 0 Å². The van der Waals surface area contributed by atoms with Gasteiger partial charge in [-0.1, -0.05) is 30.3 Å². The molecule has 184 valence electrons. The maximum atomic E-state index is 11.1. The Morgan fingerprint density at radius 3 is 2.03 bits per heavy atom. The Bertz CT molecular complexity index is 1390. The third kappa shape index (κ3) is 4.83. The highest BCUT2D eigenvalue weighted by atomic mass is 16.5. The molecule has 4 aromatic rings. The first-order valence-electron chi connectivity index (χ1n) is 10.9. The van der Waals surface area contributed by atoms with Crippen LogP contribution in [0.4, 0.5) is 0 Å². The SMILES string of the molecule is COc1cc(-c2ccc(O)cc2)c(OC)c(O)c1-c1ccc(OCc2ccc(C(=O)O)cc2)c(O)c1. The highest BCUT2D eigenvalue weighted by Crippen LogP contribution is 2.50. The minimum atomic E-state index is -1.01. The number of carbonyl (C=O) groups is 1. The second-order valence-electron chi connectivity index (χ2n) is 7.90. The molecule has 4 rings (SSSR count). The lowest BCUT2D eigenvalue weighted by molar-refractivity contribution is 0.0697. The molecule has 0 aliphatic heterocycles.